The lowest BCUT2D eigenvalue weighted by molar-refractivity contribution is -0.158. The van der Waals surface area contributed by atoms with E-state index >= 15 is 0 Å². The second-order valence-corrected chi connectivity index (χ2v) is 2.97. The maximum atomic E-state index is 12.9. The fourth-order valence-electron chi connectivity index (χ4n) is 1.42. The number of alkyl halides is 2. The van der Waals surface area contributed by atoms with Crippen molar-refractivity contribution in [3.05, 3.63) is 0 Å². The summed E-state index contributed by atoms with van der Waals surface area (Å²) in [6, 6.07) is 1.56. The van der Waals surface area contributed by atoms with Gasteiger partial charge in [-0.05, 0) is 12.8 Å². The summed E-state index contributed by atoms with van der Waals surface area (Å²) in [7, 11) is 0. The first kappa shape index (κ1) is 9.90. The van der Waals surface area contributed by atoms with Crippen molar-refractivity contribution in [2.75, 3.05) is 6.61 Å². The lowest BCUT2D eigenvalue weighted by Gasteiger charge is -2.16. The molecule has 0 radical (unpaired) electrons. The average molecular weight is 189 g/mol. The van der Waals surface area contributed by atoms with Crippen LogP contribution in [-0.4, -0.2) is 18.5 Å². The first-order valence-electron chi connectivity index (χ1n) is 3.99. The summed E-state index contributed by atoms with van der Waals surface area (Å²) in [5.41, 5.74) is 0. The summed E-state index contributed by atoms with van der Waals surface area (Å²) in [5.74, 6) is -5.25. The molecule has 1 aliphatic rings. The van der Waals surface area contributed by atoms with Crippen molar-refractivity contribution in [2.24, 2.45) is 5.92 Å². The quantitative estimate of drug-likeness (QED) is 0.618. The summed E-state index contributed by atoms with van der Waals surface area (Å²) in [6.45, 7) is -0.453. The van der Waals surface area contributed by atoms with Gasteiger partial charge in [0, 0.05) is 6.42 Å². The molecule has 5 heteroatoms. The van der Waals surface area contributed by atoms with Gasteiger partial charge in [0.25, 0.3) is 5.92 Å². The van der Waals surface area contributed by atoms with Crippen molar-refractivity contribution in [1.82, 2.24) is 0 Å². The van der Waals surface area contributed by atoms with Gasteiger partial charge in [-0.3, -0.25) is 4.79 Å². The summed E-state index contributed by atoms with van der Waals surface area (Å²) < 4.78 is 30.1. The van der Waals surface area contributed by atoms with Crippen LogP contribution in [0.25, 0.3) is 0 Å². The van der Waals surface area contributed by atoms with Crippen LogP contribution in [0.1, 0.15) is 19.3 Å². The summed E-state index contributed by atoms with van der Waals surface area (Å²) in [6.07, 6.45) is 0.218. The Morgan fingerprint density at radius 2 is 2.38 bits per heavy atom. The predicted octanol–water partition coefficient (Wildman–Crippen LogP) is 1.49. The lowest BCUT2D eigenvalue weighted by atomic mass is 10.1. The zero-order valence-electron chi connectivity index (χ0n) is 6.93. The van der Waals surface area contributed by atoms with E-state index in [4.69, 9.17) is 5.26 Å². The van der Waals surface area contributed by atoms with Crippen LogP contribution in [0.5, 0.6) is 0 Å². The highest BCUT2D eigenvalue weighted by Crippen LogP contribution is 2.40. The monoisotopic (exact) mass is 189 g/mol. The summed E-state index contributed by atoms with van der Waals surface area (Å²) >= 11 is 0. The molecule has 0 amide bonds. The Balaban J connectivity index is 2.52. The molecule has 1 fully saturated rings. The third-order valence-corrected chi connectivity index (χ3v) is 2.08. The number of carbonyl (C=O) groups excluding carboxylic acids is 1. The van der Waals surface area contributed by atoms with Gasteiger partial charge in [-0.25, -0.2) is 8.78 Å². The van der Waals surface area contributed by atoms with Crippen LogP contribution in [0.3, 0.4) is 0 Å². The van der Waals surface area contributed by atoms with Gasteiger partial charge < -0.3 is 4.74 Å². The molecule has 13 heavy (non-hydrogen) atoms. The smallest absolute Gasteiger partial charge is 0.316 e. The second-order valence-electron chi connectivity index (χ2n) is 2.97. The number of carbonyl (C=O) groups is 1. The van der Waals surface area contributed by atoms with E-state index in [0.29, 0.717) is 6.42 Å². The first-order valence-corrected chi connectivity index (χ1v) is 3.99. The molecular formula is C8H9F2NO2. The number of nitrogens with zero attached hydrogens (tertiary/aromatic N) is 1. The van der Waals surface area contributed by atoms with E-state index in [9.17, 15) is 13.6 Å². The van der Waals surface area contributed by atoms with E-state index in [1.54, 1.807) is 6.07 Å². The van der Waals surface area contributed by atoms with Gasteiger partial charge >= 0.3 is 5.97 Å². The van der Waals surface area contributed by atoms with Crippen molar-refractivity contribution >= 4 is 5.97 Å². The standard InChI is InChI=1S/C8H9F2NO2/c9-8(10)3-1-2-6(8)7(12)13-5-4-11/h6H,1-3,5H2. The fourth-order valence-corrected chi connectivity index (χ4v) is 1.42. The number of nitriles is 1. The number of esters is 1. The van der Waals surface area contributed by atoms with E-state index in [2.05, 4.69) is 4.74 Å². The maximum Gasteiger partial charge on any atom is 0.316 e. The Hall–Kier alpha value is -1.18. The van der Waals surface area contributed by atoms with Gasteiger partial charge in [0.1, 0.15) is 12.0 Å². The Morgan fingerprint density at radius 3 is 2.85 bits per heavy atom. The number of halogens is 2. The van der Waals surface area contributed by atoms with E-state index < -0.39 is 24.4 Å². The molecule has 0 bridgehead atoms. The van der Waals surface area contributed by atoms with Crippen LogP contribution in [0.4, 0.5) is 8.78 Å². The molecule has 0 N–H and O–H groups in total. The van der Waals surface area contributed by atoms with Crippen LogP contribution in [-0.2, 0) is 9.53 Å². The van der Waals surface area contributed by atoms with Gasteiger partial charge in [0.05, 0.1) is 0 Å². The highest BCUT2D eigenvalue weighted by atomic mass is 19.3. The van der Waals surface area contributed by atoms with Gasteiger partial charge in [-0.15, -0.1) is 0 Å². The van der Waals surface area contributed by atoms with Crippen molar-refractivity contribution < 1.29 is 18.3 Å². The molecule has 0 heterocycles. The van der Waals surface area contributed by atoms with Crippen LogP contribution < -0.4 is 0 Å². The van der Waals surface area contributed by atoms with Crippen LogP contribution in [0, 0.1) is 17.2 Å². The van der Waals surface area contributed by atoms with Gasteiger partial charge in [0.2, 0.25) is 0 Å². The Bertz CT molecular complexity index is 247. The van der Waals surface area contributed by atoms with Gasteiger partial charge in [-0.1, -0.05) is 0 Å². The van der Waals surface area contributed by atoms with Gasteiger partial charge in [-0.2, -0.15) is 5.26 Å². The molecule has 72 valence electrons. The summed E-state index contributed by atoms with van der Waals surface area (Å²) in [4.78, 5) is 11.0. The Kier molecular flexibility index (Phi) is 2.81. The SMILES string of the molecule is N#CCOC(=O)C1CCCC1(F)F. The zero-order chi connectivity index (χ0) is 9.90. The minimum absolute atomic E-state index is 0.150. The second kappa shape index (κ2) is 3.69. The van der Waals surface area contributed by atoms with E-state index in [-0.39, 0.29) is 12.8 Å². The highest BCUT2D eigenvalue weighted by molar-refractivity contribution is 5.74. The predicted molar refractivity (Wildman–Crippen MR) is 38.9 cm³/mol. The minimum atomic E-state index is -2.95. The van der Waals surface area contributed by atoms with Crippen molar-refractivity contribution in [2.45, 2.75) is 25.2 Å². The van der Waals surface area contributed by atoms with Crippen LogP contribution in [0.2, 0.25) is 0 Å². The van der Waals surface area contributed by atoms with Crippen LogP contribution >= 0.6 is 0 Å². The lowest BCUT2D eigenvalue weighted by Crippen LogP contribution is -2.30. The van der Waals surface area contributed by atoms with Crippen molar-refractivity contribution in [3.8, 4) is 6.07 Å². The molecule has 0 aliphatic heterocycles. The third-order valence-electron chi connectivity index (χ3n) is 2.08. The average Bonchev–Trinajstić information content (AvgIpc) is 2.41. The molecular weight excluding hydrogens is 180 g/mol. The largest absolute Gasteiger partial charge is 0.450 e. The van der Waals surface area contributed by atoms with Gasteiger partial charge in [0.15, 0.2) is 6.61 Å². The molecule has 0 saturated heterocycles. The molecule has 0 spiro atoms. The van der Waals surface area contributed by atoms with E-state index in [1.807, 2.05) is 0 Å². The van der Waals surface area contributed by atoms with Crippen LogP contribution in [0.15, 0.2) is 0 Å². The molecule has 3 nitrogen and oxygen atoms in total. The number of hydrogen-bond donors (Lipinski definition) is 0. The minimum Gasteiger partial charge on any atom is -0.450 e. The zero-order valence-corrected chi connectivity index (χ0v) is 6.93. The van der Waals surface area contributed by atoms with E-state index in [1.165, 1.54) is 0 Å². The number of rotatable bonds is 2. The van der Waals surface area contributed by atoms with E-state index in [0.717, 1.165) is 0 Å². The molecule has 0 aromatic heterocycles. The highest BCUT2D eigenvalue weighted by Gasteiger charge is 2.48. The topological polar surface area (TPSA) is 50.1 Å². The molecule has 1 saturated carbocycles. The molecule has 0 aromatic carbocycles. The normalized spacial score (nSPS) is 25.2. The first-order chi connectivity index (χ1) is 6.08. The maximum absolute atomic E-state index is 12.9. The molecule has 1 unspecified atom stereocenters. The third kappa shape index (κ3) is 2.14. The number of hydrogen-bond acceptors (Lipinski definition) is 3. The van der Waals surface area contributed by atoms with Crippen molar-refractivity contribution in [3.63, 3.8) is 0 Å². The molecule has 1 atom stereocenters. The molecule has 0 aromatic rings. The van der Waals surface area contributed by atoms with Crippen molar-refractivity contribution in [1.29, 1.82) is 5.26 Å². The Morgan fingerprint density at radius 1 is 1.69 bits per heavy atom. The Labute approximate surface area is 74.3 Å². The molecule has 1 aliphatic carbocycles. The summed E-state index contributed by atoms with van der Waals surface area (Å²) in [5, 5.41) is 8.07. The number of ether oxygens (including phenoxy) is 1. The molecule has 1 rings (SSSR count). The fraction of sp³-hybridized carbons (Fsp3) is 0.750.